The number of pyridine rings is 1. The van der Waals surface area contributed by atoms with E-state index in [1.165, 1.54) is 37.9 Å². The molecule has 1 N–H and O–H groups in total. The van der Waals surface area contributed by atoms with Gasteiger partial charge in [-0.2, -0.15) is 0 Å². The van der Waals surface area contributed by atoms with Crippen molar-refractivity contribution in [3.63, 3.8) is 0 Å². The highest BCUT2D eigenvalue weighted by molar-refractivity contribution is 5.04. The van der Waals surface area contributed by atoms with Crippen molar-refractivity contribution in [3.8, 4) is 0 Å². The molecule has 0 aliphatic heterocycles. The van der Waals surface area contributed by atoms with Crippen LogP contribution in [-0.4, -0.2) is 35.1 Å². The summed E-state index contributed by atoms with van der Waals surface area (Å²) in [5.74, 6) is 0.851. The van der Waals surface area contributed by atoms with Crippen LogP contribution in [0.3, 0.4) is 0 Å². The number of nitrogens with zero attached hydrogens (tertiary/aromatic N) is 2. The second-order valence-electron chi connectivity index (χ2n) is 5.97. The normalized spacial score (nSPS) is 26.4. The number of rotatable bonds is 7. The Bertz CT molecular complexity index is 388. The molecule has 0 amide bonds. The lowest BCUT2D eigenvalue weighted by Gasteiger charge is -2.44. The largest absolute Gasteiger partial charge is 0.314 e. The number of aromatic nitrogens is 1. The maximum atomic E-state index is 4.46. The monoisotopic (exact) mass is 259 g/mol. The first-order valence-corrected chi connectivity index (χ1v) is 7.74. The molecule has 1 heterocycles. The Labute approximate surface area is 116 Å². The van der Waals surface area contributed by atoms with E-state index < -0.39 is 0 Å². The summed E-state index contributed by atoms with van der Waals surface area (Å²) < 4.78 is 0. The van der Waals surface area contributed by atoms with Crippen molar-refractivity contribution in [1.29, 1.82) is 0 Å². The third-order valence-corrected chi connectivity index (χ3v) is 4.59. The molecule has 19 heavy (non-hydrogen) atoms. The standard InChI is InChI=1S/C16H25N3/c1-2-19(12-15-5-3-4-10-17-15)16-9-6-13(16)11-18-14-7-8-14/h3-5,10,13-14,16,18H,2,6-9,11-12H2,1H3. The SMILES string of the molecule is CCN(Cc1ccccn1)C1CCC1CNC1CC1. The zero-order valence-electron chi connectivity index (χ0n) is 11.9. The van der Waals surface area contributed by atoms with Crippen LogP contribution in [0.2, 0.25) is 0 Å². The lowest BCUT2D eigenvalue weighted by molar-refractivity contribution is 0.0586. The molecule has 1 aromatic rings. The summed E-state index contributed by atoms with van der Waals surface area (Å²) in [6.07, 6.45) is 7.43. The summed E-state index contributed by atoms with van der Waals surface area (Å²) in [5, 5.41) is 3.69. The Balaban J connectivity index is 1.52. The summed E-state index contributed by atoms with van der Waals surface area (Å²) in [4.78, 5) is 7.06. The average Bonchev–Trinajstić information content (AvgIpc) is 3.22. The first-order chi connectivity index (χ1) is 9.36. The van der Waals surface area contributed by atoms with Crippen molar-refractivity contribution in [2.24, 2.45) is 5.92 Å². The Morgan fingerprint density at radius 2 is 2.16 bits per heavy atom. The van der Waals surface area contributed by atoms with Crippen LogP contribution < -0.4 is 5.32 Å². The molecule has 0 aromatic carbocycles. The van der Waals surface area contributed by atoms with Crippen LogP contribution in [0.15, 0.2) is 24.4 Å². The molecule has 104 valence electrons. The van der Waals surface area contributed by atoms with Gasteiger partial charge in [-0.15, -0.1) is 0 Å². The van der Waals surface area contributed by atoms with Gasteiger partial charge < -0.3 is 5.32 Å². The highest BCUT2D eigenvalue weighted by atomic mass is 15.2. The Morgan fingerprint density at radius 3 is 2.74 bits per heavy atom. The summed E-state index contributed by atoms with van der Waals surface area (Å²) >= 11 is 0. The van der Waals surface area contributed by atoms with Crippen LogP contribution in [0.1, 0.15) is 38.3 Å². The quantitative estimate of drug-likeness (QED) is 0.815. The predicted octanol–water partition coefficient (Wildman–Crippen LogP) is 2.43. The molecule has 2 saturated carbocycles. The maximum Gasteiger partial charge on any atom is 0.0544 e. The van der Waals surface area contributed by atoms with E-state index in [9.17, 15) is 0 Å². The second-order valence-corrected chi connectivity index (χ2v) is 5.97. The van der Waals surface area contributed by atoms with E-state index in [0.717, 1.165) is 31.1 Å². The van der Waals surface area contributed by atoms with Crippen molar-refractivity contribution in [2.75, 3.05) is 13.1 Å². The van der Waals surface area contributed by atoms with Crippen LogP contribution in [0.4, 0.5) is 0 Å². The fraction of sp³-hybridized carbons (Fsp3) is 0.688. The highest BCUT2D eigenvalue weighted by Gasteiger charge is 2.35. The number of hydrogen-bond donors (Lipinski definition) is 1. The van der Waals surface area contributed by atoms with Gasteiger partial charge in [0.1, 0.15) is 0 Å². The van der Waals surface area contributed by atoms with Gasteiger partial charge >= 0.3 is 0 Å². The minimum absolute atomic E-state index is 0.762. The van der Waals surface area contributed by atoms with Gasteiger partial charge in [0.2, 0.25) is 0 Å². The molecule has 0 radical (unpaired) electrons. The molecule has 0 bridgehead atoms. The third-order valence-electron chi connectivity index (χ3n) is 4.59. The lowest BCUT2D eigenvalue weighted by Crippen LogP contribution is -2.50. The molecule has 0 saturated heterocycles. The smallest absolute Gasteiger partial charge is 0.0544 e. The van der Waals surface area contributed by atoms with Gasteiger partial charge in [-0.1, -0.05) is 13.0 Å². The molecule has 2 atom stereocenters. The van der Waals surface area contributed by atoms with Crippen LogP contribution in [-0.2, 0) is 6.54 Å². The van der Waals surface area contributed by atoms with E-state index in [2.05, 4.69) is 34.3 Å². The topological polar surface area (TPSA) is 28.2 Å². The van der Waals surface area contributed by atoms with E-state index in [-0.39, 0.29) is 0 Å². The fourth-order valence-electron chi connectivity index (χ4n) is 3.04. The second kappa shape index (κ2) is 6.02. The predicted molar refractivity (Wildman–Crippen MR) is 77.9 cm³/mol. The van der Waals surface area contributed by atoms with Gasteiger partial charge in [-0.25, -0.2) is 0 Å². The molecule has 1 aromatic heterocycles. The molecule has 2 aliphatic carbocycles. The summed E-state index contributed by atoms with van der Waals surface area (Å²) in [6.45, 7) is 5.61. The van der Waals surface area contributed by atoms with E-state index in [1.54, 1.807) is 0 Å². The van der Waals surface area contributed by atoms with Crippen molar-refractivity contribution < 1.29 is 0 Å². The molecule has 3 nitrogen and oxygen atoms in total. The molecule has 2 aliphatic rings. The molecule has 2 unspecified atom stereocenters. The Kier molecular flexibility index (Phi) is 4.14. The Hall–Kier alpha value is -0.930. The van der Waals surface area contributed by atoms with Crippen LogP contribution in [0, 0.1) is 5.92 Å². The van der Waals surface area contributed by atoms with Gasteiger partial charge in [0, 0.05) is 24.8 Å². The fourth-order valence-corrected chi connectivity index (χ4v) is 3.04. The zero-order valence-corrected chi connectivity index (χ0v) is 11.9. The summed E-state index contributed by atoms with van der Waals surface area (Å²) in [7, 11) is 0. The molecular formula is C16H25N3. The first-order valence-electron chi connectivity index (χ1n) is 7.74. The van der Waals surface area contributed by atoms with Crippen LogP contribution in [0.5, 0.6) is 0 Å². The van der Waals surface area contributed by atoms with Gasteiger partial charge in [0.15, 0.2) is 0 Å². The molecular weight excluding hydrogens is 234 g/mol. The van der Waals surface area contributed by atoms with E-state index in [4.69, 9.17) is 0 Å². The third kappa shape index (κ3) is 3.34. The maximum absolute atomic E-state index is 4.46. The summed E-state index contributed by atoms with van der Waals surface area (Å²) in [5.41, 5.74) is 1.20. The van der Waals surface area contributed by atoms with E-state index >= 15 is 0 Å². The minimum atomic E-state index is 0.762. The summed E-state index contributed by atoms with van der Waals surface area (Å²) in [6, 6.07) is 7.82. The van der Waals surface area contributed by atoms with Gasteiger partial charge in [0.25, 0.3) is 0 Å². The van der Waals surface area contributed by atoms with Gasteiger partial charge in [-0.3, -0.25) is 9.88 Å². The molecule has 3 rings (SSSR count). The molecule has 2 fully saturated rings. The van der Waals surface area contributed by atoms with Crippen molar-refractivity contribution >= 4 is 0 Å². The van der Waals surface area contributed by atoms with Crippen molar-refractivity contribution in [3.05, 3.63) is 30.1 Å². The molecule has 0 spiro atoms. The zero-order chi connectivity index (χ0) is 13.1. The van der Waals surface area contributed by atoms with Crippen LogP contribution in [0.25, 0.3) is 0 Å². The Morgan fingerprint density at radius 1 is 1.26 bits per heavy atom. The van der Waals surface area contributed by atoms with E-state index in [0.29, 0.717) is 0 Å². The minimum Gasteiger partial charge on any atom is -0.314 e. The molecule has 3 heteroatoms. The lowest BCUT2D eigenvalue weighted by atomic mass is 9.78. The van der Waals surface area contributed by atoms with Gasteiger partial charge in [-0.05, 0) is 56.8 Å². The van der Waals surface area contributed by atoms with Crippen molar-refractivity contribution in [2.45, 2.75) is 51.2 Å². The average molecular weight is 259 g/mol. The highest BCUT2D eigenvalue weighted by Crippen LogP contribution is 2.33. The van der Waals surface area contributed by atoms with Crippen molar-refractivity contribution in [1.82, 2.24) is 15.2 Å². The van der Waals surface area contributed by atoms with E-state index in [1.807, 2.05) is 12.3 Å². The number of nitrogens with one attached hydrogen (secondary N) is 1. The first kappa shape index (κ1) is 13.1. The number of hydrogen-bond acceptors (Lipinski definition) is 3. The van der Waals surface area contributed by atoms with Gasteiger partial charge in [0.05, 0.1) is 5.69 Å². The van der Waals surface area contributed by atoms with Crippen LogP contribution >= 0.6 is 0 Å².